The van der Waals surface area contributed by atoms with E-state index in [1.165, 1.54) is 0 Å². The molecule has 0 bridgehead atoms. The van der Waals surface area contributed by atoms with Gasteiger partial charge in [-0.15, -0.1) is 0 Å². The van der Waals surface area contributed by atoms with Crippen LogP contribution >= 0.6 is 0 Å². The molecule has 0 fully saturated rings. The van der Waals surface area contributed by atoms with Crippen molar-refractivity contribution in [3.05, 3.63) is 83.2 Å². The van der Waals surface area contributed by atoms with E-state index in [0.717, 1.165) is 28.8 Å². The zero-order valence-corrected chi connectivity index (χ0v) is 14.3. The Morgan fingerprint density at radius 3 is 2.69 bits per heavy atom. The maximum Gasteiger partial charge on any atom is 0.230 e. The molecular weight excluding hydrogens is 328 g/mol. The van der Waals surface area contributed by atoms with E-state index in [4.69, 9.17) is 4.52 Å². The lowest BCUT2D eigenvalue weighted by Crippen LogP contribution is -2.39. The van der Waals surface area contributed by atoms with Gasteiger partial charge in [-0.3, -0.25) is 4.79 Å². The van der Waals surface area contributed by atoms with E-state index in [2.05, 4.69) is 5.16 Å². The summed E-state index contributed by atoms with van der Waals surface area (Å²) in [6.45, 7) is 1.19. The van der Waals surface area contributed by atoms with Gasteiger partial charge in [0.05, 0.1) is 18.2 Å². The highest BCUT2D eigenvalue weighted by atomic mass is 16.5. The van der Waals surface area contributed by atoms with Gasteiger partial charge in [0.25, 0.3) is 0 Å². The zero-order chi connectivity index (χ0) is 17.9. The van der Waals surface area contributed by atoms with Crippen molar-refractivity contribution < 1.29 is 14.4 Å². The molecule has 1 unspecified atom stereocenters. The lowest BCUT2D eigenvalue weighted by molar-refractivity contribution is -0.133. The van der Waals surface area contributed by atoms with E-state index >= 15 is 0 Å². The summed E-state index contributed by atoms with van der Waals surface area (Å²) in [5.41, 5.74) is 3.96. The Balaban J connectivity index is 1.60. The van der Waals surface area contributed by atoms with Crippen molar-refractivity contribution >= 4 is 5.91 Å². The molecule has 3 aromatic rings. The van der Waals surface area contributed by atoms with Crippen molar-refractivity contribution in [2.75, 3.05) is 6.54 Å². The minimum atomic E-state index is -0.262. The smallest absolute Gasteiger partial charge is 0.230 e. The van der Waals surface area contributed by atoms with E-state index in [0.29, 0.717) is 19.5 Å². The first-order chi connectivity index (χ1) is 12.7. The summed E-state index contributed by atoms with van der Waals surface area (Å²) >= 11 is 0. The molecule has 1 amide bonds. The van der Waals surface area contributed by atoms with Crippen molar-refractivity contribution in [1.82, 2.24) is 10.1 Å². The number of benzene rings is 2. The highest BCUT2D eigenvalue weighted by Gasteiger charge is 2.29. The Bertz CT molecular complexity index is 887. The highest BCUT2D eigenvalue weighted by molar-refractivity contribution is 5.84. The van der Waals surface area contributed by atoms with Crippen LogP contribution in [-0.4, -0.2) is 27.6 Å². The second-order valence-electron chi connectivity index (χ2n) is 6.63. The molecule has 2 heterocycles. The molecule has 2 aromatic carbocycles. The molecule has 5 nitrogen and oxygen atoms in total. The first kappa shape index (κ1) is 16.4. The second-order valence-corrected chi connectivity index (χ2v) is 6.63. The van der Waals surface area contributed by atoms with Gasteiger partial charge in [0.2, 0.25) is 5.91 Å². The SMILES string of the molecule is O=C(C(Cc1ccc(O)cc1)c1ccccc1)N1CCc2nocc2C1. The van der Waals surface area contributed by atoms with Crippen LogP contribution in [0.5, 0.6) is 5.75 Å². The monoisotopic (exact) mass is 348 g/mol. The number of carbonyl (C=O) groups excluding carboxylic acids is 1. The molecule has 5 heteroatoms. The van der Waals surface area contributed by atoms with Crippen molar-refractivity contribution in [1.29, 1.82) is 0 Å². The normalized spacial score (nSPS) is 14.7. The molecule has 1 atom stereocenters. The maximum atomic E-state index is 13.3. The third-order valence-electron chi connectivity index (χ3n) is 4.90. The number of rotatable bonds is 4. The van der Waals surface area contributed by atoms with Gasteiger partial charge in [-0.1, -0.05) is 47.6 Å². The number of phenols is 1. The fourth-order valence-corrected chi connectivity index (χ4v) is 3.45. The summed E-state index contributed by atoms with van der Waals surface area (Å²) in [6.07, 6.45) is 2.95. The van der Waals surface area contributed by atoms with Crippen LogP contribution in [0.2, 0.25) is 0 Å². The molecule has 1 N–H and O–H groups in total. The molecule has 0 saturated carbocycles. The van der Waals surface area contributed by atoms with Crippen LogP contribution in [0.15, 0.2) is 65.4 Å². The van der Waals surface area contributed by atoms with Crippen LogP contribution in [0.25, 0.3) is 0 Å². The van der Waals surface area contributed by atoms with Crippen LogP contribution in [0.3, 0.4) is 0 Å². The fraction of sp³-hybridized carbons (Fsp3) is 0.238. The Kier molecular flexibility index (Phi) is 4.44. The minimum Gasteiger partial charge on any atom is -0.508 e. The minimum absolute atomic E-state index is 0.108. The number of nitrogens with zero attached hydrogens (tertiary/aromatic N) is 2. The third kappa shape index (κ3) is 3.33. The van der Waals surface area contributed by atoms with Crippen LogP contribution in [0.1, 0.15) is 28.3 Å². The highest BCUT2D eigenvalue weighted by Crippen LogP contribution is 2.27. The van der Waals surface area contributed by atoms with Crippen LogP contribution in [-0.2, 0) is 24.2 Å². The molecule has 1 aliphatic rings. The van der Waals surface area contributed by atoms with E-state index < -0.39 is 0 Å². The van der Waals surface area contributed by atoms with Gasteiger partial charge in [-0.2, -0.15) is 0 Å². The van der Waals surface area contributed by atoms with E-state index in [9.17, 15) is 9.90 Å². The first-order valence-corrected chi connectivity index (χ1v) is 8.74. The summed E-state index contributed by atoms with van der Waals surface area (Å²) in [5.74, 6) is 0.0747. The van der Waals surface area contributed by atoms with Crippen molar-refractivity contribution in [3.8, 4) is 5.75 Å². The van der Waals surface area contributed by atoms with Crippen LogP contribution < -0.4 is 0 Å². The predicted octanol–water partition coefficient (Wildman–Crippen LogP) is 3.29. The van der Waals surface area contributed by atoms with Crippen molar-refractivity contribution in [3.63, 3.8) is 0 Å². The number of phenolic OH excluding ortho intramolecular Hbond substituents is 1. The number of amides is 1. The number of aromatic hydroxyl groups is 1. The topological polar surface area (TPSA) is 66.6 Å². The summed E-state index contributed by atoms with van der Waals surface area (Å²) in [6, 6.07) is 16.9. The fourth-order valence-electron chi connectivity index (χ4n) is 3.45. The average molecular weight is 348 g/mol. The van der Waals surface area contributed by atoms with Gasteiger partial charge in [-0.25, -0.2) is 0 Å². The van der Waals surface area contributed by atoms with E-state index in [-0.39, 0.29) is 17.6 Å². The number of aromatic nitrogens is 1. The van der Waals surface area contributed by atoms with E-state index in [1.54, 1.807) is 18.4 Å². The second kappa shape index (κ2) is 7.04. The van der Waals surface area contributed by atoms with Gasteiger partial charge in [0, 0.05) is 18.5 Å². The number of hydrogen-bond acceptors (Lipinski definition) is 4. The maximum absolute atomic E-state index is 13.3. The lowest BCUT2D eigenvalue weighted by Gasteiger charge is -2.30. The molecule has 4 rings (SSSR count). The van der Waals surface area contributed by atoms with Gasteiger partial charge in [-0.05, 0) is 29.7 Å². The van der Waals surface area contributed by atoms with Gasteiger partial charge in [0.1, 0.15) is 12.0 Å². The quantitative estimate of drug-likeness (QED) is 0.786. The molecule has 1 aliphatic heterocycles. The van der Waals surface area contributed by atoms with Crippen LogP contribution in [0.4, 0.5) is 0 Å². The van der Waals surface area contributed by atoms with Gasteiger partial charge < -0.3 is 14.5 Å². The summed E-state index contributed by atoms with van der Waals surface area (Å²) in [4.78, 5) is 15.2. The predicted molar refractivity (Wildman–Crippen MR) is 96.6 cm³/mol. The van der Waals surface area contributed by atoms with Gasteiger partial charge in [0.15, 0.2) is 0 Å². The molecule has 0 radical (unpaired) electrons. The molecule has 0 aliphatic carbocycles. The Morgan fingerprint density at radius 1 is 1.15 bits per heavy atom. The Hall–Kier alpha value is -3.08. The largest absolute Gasteiger partial charge is 0.508 e. The van der Waals surface area contributed by atoms with Crippen molar-refractivity contribution in [2.24, 2.45) is 0 Å². The summed E-state index contributed by atoms with van der Waals surface area (Å²) < 4.78 is 5.04. The Morgan fingerprint density at radius 2 is 1.92 bits per heavy atom. The molecule has 0 saturated heterocycles. The van der Waals surface area contributed by atoms with Gasteiger partial charge >= 0.3 is 0 Å². The third-order valence-corrected chi connectivity index (χ3v) is 4.90. The lowest BCUT2D eigenvalue weighted by atomic mass is 9.90. The van der Waals surface area contributed by atoms with Crippen LogP contribution in [0, 0.1) is 0 Å². The Labute approximate surface area is 151 Å². The van der Waals surface area contributed by atoms with Crippen molar-refractivity contribution in [2.45, 2.75) is 25.3 Å². The number of hydrogen-bond donors (Lipinski definition) is 1. The molecule has 132 valence electrons. The summed E-state index contributed by atoms with van der Waals surface area (Å²) in [7, 11) is 0. The van der Waals surface area contributed by atoms with E-state index in [1.807, 2.05) is 47.4 Å². The number of carbonyl (C=O) groups is 1. The molecular formula is C21H20N2O3. The standard InChI is InChI=1S/C21H20N2O3/c24-18-8-6-15(7-9-18)12-19(16-4-2-1-3-5-16)21(25)23-11-10-20-17(13-23)14-26-22-20/h1-9,14,19,24H,10-13H2. The number of fused-ring (bicyclic) bond motifs is 1. The molecule has 1 aromatic heterocycles. The first-order valence-electron chi connectivity index (χ1n) is 8.74. The zero-order valence-electron chi connectivity index (χ0n) is 14.3. The molecule has 0 spiro atoms. The average Bonchev–Trinajstić information content (AvgIpc) is 3.15. The summed E-state index contributed by atoms with van der Waals surface area (Å²) in [5, 5.41) is 13.5. The molecule has 26 heavy (non-hydrogen) atoms.